The fourth-order valence-corrected chi connectivity index (χ4v) is 4.79. The second kappa shape index (κ2) is 8.25. The van der Waals surface area contributed by atoms with Gasteiger partial charge in [0.2, 0.25) is 5.91 Å². The van der Waals surface area contributed by atoms with Crippen LogP contribution in [0.15, 0.2) is 68.7 Å². The number of carbonyl (C=O) groups is 1. The van der Waals surface area contributed by atoms with Crippen molar-refractivity contribution in [3.05, 3.63) is 70.7 Å². The van der Waals surface area contributed by atoms with Crippen molar-refractivity contribution in [1.82, 2.24) is 9.88 Å². The monoisotopic (exact) mass is 442 g/mol. The van der Waals surface area contributed by atoms with Crippen molar-refractivity contribution < 1.29 is 17.9 Å². The van der Waals surface area contributed by atoms with Crippen molar-refractivity contribution >= 4 is 38.8 Å². The fourth-order valence-electron chi connectivity index (χ4n) is 3.00. The third kappa shape index (κ3) is 4.19. The van der Waals surface area contributed by atoms with E-state index in [-0.39, 0.29) is 23.2 Å². The zero-order valence-corrected chi connectivity index (χ0v) is 17.6. The SMILES string of the molecule is CN(CC(=O)Nc1ccccc1OCc1cscn1)C1=NS(=O)(=O)c2ccccc21. The van der Waals surface area contributed by atoms with Crippen LogP contribution in [0.3, 0.4) is 0 Å². The van der Waals surface area contributed by atoms with Crippen LogP contribution in [0, 0.1) is 0 Å². The normalized spacial score (nSPS) is 14.0. The average molecular weight is 443 g/mol. The maximum Gasteiger partial charge on any atom is 0.285 e. The van der Waals surface area contributed by atoms with Gasteiger partial charge in [0.1, 0.15) is 17.3 Å². The molecule has 0 atom stereocenters. The minimum Gasteiger partial charge on any atom is -0.485 e. The molecule has 0 fully saturated rings. The van der Waals surface area contributed by atoms with E-state index in [1.807, 2.05) is 11.4 Å². The minimum atomic E-state index is -3.74. The summed E-state index contributed by atoms with van der Waals surface area (Å²) in [5.74, 6) is 0.438. The second-order valence-corrected chi connectivity index (χ2v) is 8.85. The Kier molecular flexibility index (Phi) is 5.51. The quantitative estimate of drug-likeness (QED) is 0.630. The van der Waals surface area contributed by atoms with Crippen LogP contribution in [0.1, 0.15) is 11.3 Å². The Morgan fingerprint density at radius 2 is 1.93 bits per heavy atom. The number of thiazole rings is 1. The van der Waals surface area contributed by atoms with Crippen LogP contribution >= 0.6 is 11.3 Å². The molecule has 0 aliphatic carbocycles. The van der Waals surface area contributed by atoms with E-state index < -0.39 is 10.0 Å². The molecule has 0 saturated heterocycles. The highest BCUT2D eigenvalue weighted by Crippen LogP contribution is 2.27. The number of likely N-dealkylation sites (N-methyl/N-ethyl adjacent to an activating group) is 1. The van der Waals surface area contributed by atoms with Gasteiger partial charge in [0.25, 0.3) is 10.0 Å². The molecule has 0 unspecified atom stereocenters. The number of nitrogens with one attached hydrogen (secondary N) is 1. The molecular formula is C20H18N4O4S2. The molecule has 10 heteroatoms. The minimum absolute atomic E-state index is 0.0802. The third-order valence-corrected chi connectivity index (χ3v) is 6.34. The zero-order chi connectivity index (χ0) is 21.1. The van der Waals surface area contributed by atoms with Gasteiger partial charge in [0.15, 0.2) is 5.84 Å². The van der Waals surface area contributed by atoms with Crippen molar-refractivity contribution in [2.75, 3.05) is 18.9 Å². The number of para-hydroxylation sites is 2. The summed E-state index contributed by atoms with van der Waals surface area (Å²) in [6.07, 6.45) is 0. The summed E-state index contributed by atoms with van der Waals surface area (Å²) in [6, 6.07) is 13.7. The molecule has 1 aliphatic rings. The summed E-state index contributed by atoms with van der Waals surface area (Å²) in [6.45, 7) is 0.213. The number of fused-ring (bicyclic) bond motifs is 1. The van der Waals surface area contributed by atoms with E-state index >= 15 is 0 Å². The van der Waals surface area contributed by atoms with Gasteiger partial charge >= 0.3 is 0 Å². The molecule has 0 bridgehead atoms. The smallest absolute Gasteiger partial charge is 0.285 e. The van der Waals surface area contributed by atoms with Crippen LogP contribution in [-0.4, -0.2) is 43.6 Å². The Labute approximate surface area is 177 Å². The highest BCUT2D eigenvalue weighted by Gasteiger charge is 2.30. The van der Waals surface area contributed by atoms with Gasteiger partial charge in [-0.25, -0.2) is 4.98 Å². The van der Waals surface area contributed by atoms with Gasteiger partial charge in [-0.1, -0.05) is 24.3 Å². The van der Waals surface area contributed by atoms with Gasteiger partial charge < -0.3 is 15.0 Å². The van der Waals surface area contributed by atoms with Gasteiger partial charge in [0.05, 0.1) is 23.4 Å². The van der Waals surface area contributed by atoms with E-state index in [2.05, 4.69) is 14.7 Å². The molecule has 2 heterocycles. The number of amidine groups is 1. The lowest BCUT2D eigenvalue weighted by Crippen LogP contribution is -2.35. The Bertz CT molecular complexity index is 1210. The molecule has 0 spiro atoms. The molecule has 1 aromatic heterocycles. The molecule has 2 aromatic carbocycles. The van der Waals surface area contributed by atoms with E-state index in [1.54, 1.807) is 49.0 Å². The Morgan fingerprint density at radius 3 is 2.73 bits per heavy atom. The maximum absolute atomic E-state index is 12.6. The summed E-state index contributed by atoms with van der Waals surface area (Å²) in [4.78, 5) is 18.4. The molecule has 4 rings (SSSR count). The van der Waals surface area contributed by atoms with E-state index in [0.717, 1.165) is 5.69 Å². The number of ether oxygens (including phenoxy) is 1. The lowest BCUT2D eigenvalue weighted by molar-refractivity contribution is -0.116. The summed E-state index contributed by atoms with van der Waals surface area (Å²) in [5, 5.41) is 4.71. The Morgan fingerprint density at radius 1 is 1.17 bits per heavy atom. The van der Waals surface area contributed by atoms with Crippen molar-refractivity contribution in [3.8, 4) is 5.75 Å². The number of carbonyl (C=O) groups excluding carboxylic acids is 1. The average Bonchev–Trinajstić information content (AvgIpc) is 3.34. The third-order valence-electron chi connectivity index (χ3n) is 4.38. The number of amides is 1. The molecule has 30 heavy (non-hydrogen) atoms. The lowest BCUT2D eigenvalue weighted by atomic mass is 10.2. The van der Waals surface area contributed by atoms with Crippen molar-refractivity contribution in [2.24, 2.45) is 4.40 Å². The topological polar surface area (TPSA) is 101 Å². The molecule has 1 amide bonds. The van der Waals surface area contributed by atoms with Crippen molar-refractivity contribution in [2.45, 2.75) is 11.5 Å². The van der Waals surface area contributed by atoms with E-state index in [4.69, 9.17) is 4.74 Å². The van der Waals surface area contributed by atoms with Gasteiger partial charge in [-0.3, -0.25) is 4.79 Å². The number of anilines is 1. The number of nitrogens with zero attached hydrogens (tertiary/aromatic N) is 3. The lowest BCUT2D eigenvalue weighted by Gasteiger charge is -2.19. The van der Waals surface area contributed by atoms with Crippen LogP contribution in [0.5, 0.6) is 5.75 Å². The van der Waals surface area contributed by atoms with E-state index in [9.17, 15) is 13.2 Å². The molecule has 3 aromatic rings. The van der Waals surface area contributed by atoms with Crippen LogP contribution in [0.2, 0.25) is 0 Å². The van der Waals surface area contributed by atoms with Crippen LogP contribution in [0.25, 0.3) is 0 Å². The number of hydrogen-bond donors (Lipinski definition) is 1. The summed E-state index contributed by atoms with van der Waals surface area (Å²) in [5.41, 5.74) is 3.54. The zero-order valence-electron chi connectivity index (χ0n) is 16.0. The molecule has 0 saturated carbocycles. The first-order valence-corrected chi connectivity index (χ1v) is 11.4. The number of benzene rings is 2. The van der Waals surface area contributed by atoms with E-state index in [0.29, 0.717) is 23.6 Å². The summed E-state index contributed by atoms with van der Waals surface area (Å²) < 4.78 is 34.0. The summed E-state index contributed by atoms with van der Waals surface area (Å²) >= 11 is 1.48. The predicted molar refractivity (Wildman–Crippen MR) is 114 cm³/mol. The predicted octanol–water partition coefficient (Wildman–Crippen LogP) is 2.74. The Balaban J connectivity index is 1.44. The van der Waals surface area contributed by atoms with Gasteiger partial charge in [-0.15, -0.1) is 15.7 Å². The van der Waals surface area contributed by atoms with Gasteiger partial charge in [-0.2, -0.15) is 8.42 Å². The first-order valence-electron chi connectivity index (χ1n) is 8.98. The van der Waals surface area contributed by atoms with Gasteiger partial charge in [0, 0.05) is 18.0 Å². The Hall–Kier alpha value is -3.24. The highest BCUT2D eigenvalue weighted by molar-refractivity contribution is 7.90. The fraction of sp³-hybridized carbons (Fsp3) is 0.150. The molecule has 1 N–H and O–H groups in total. The van der Waals surface area contributed by atoms with Gasteiger partial charge in [-0.05, 0) is 24.3 Å². The standard InChI is InChI=1S/C20H18N4O4S2/c1-24(20-15-6-2-5-9-18(15)30(26,27)23-20)10-19(25)22-16-7-3-4-8-17(16)28-11-14-12-29-13-21-14/h2-9,12-13H,10-11H2,1H3,(H,22,25). The molecular weight excluding hydrogens is 424 g/mol. The first kappa shape index (κ1) is 20.0. The number of sulfonamides is 1. The number of hydrogen-bond acceptors (Lipinski definition) is 7. The molecule has 154 valence electrons. The first-order chi connectivity index (χ1) is 14.4. The molecule has 8 nitrogen and oxygen atoms in total. The second-order valence-electron chi connectivity index (χ2n) is 6.55. The molecule has 0 radical (unpaired) electrons. The summed E-state index contributed by atoms with van der Waals surface area (Å²) in [7, 11) is -2.11. The van der Waals surface area contributed by atoms with Crippen molar-refractivity contribution in [3.63, 3.8) is 0 Å². The van der Waals surface area contributed by atoms with Crippen LogP contribution in [-0.2, 0) is 21.4 Å². The maximum atomic E-state index is 12.6. The number of aromatic nitrogens is 1. The number of rotatable bonds is 6. The largest absolute Gasteiger partial charge is 0.485 e. The highest BCUT2D eigenvalue weighted by atomic mass is 32.2. The molecule has 1 aliphatic heterocycles. The van der Waals surface area contributed by atoms with E-state index in [1.165, 1.54) is 22.3 Å². The van der Waals surface area contributed by atoms with Crippen LogP contribution in [0.4, 0.5) is 5.69 Å². The van der Waals surface area contributed by atoms with Crippen LogP contribution < -0.4 is 10.1 Å². The van der Waals surface area contributed by atoms with Crippen molar-refractivity contribution in [1.29, 1.82) is 0 Å².